The molecule has 4 atom stereocenters. The van der Waals surface area contributed by atoms with Crippen molar-refractivity contribution in [3.8, 4) is 0 Å². The van der Waals surface area contributed by atoms with Crippen LogP contribution in [0.5, 0.6) is 0 Å². The second-order valence-corrected chi connectivity index (χ2v) is 7.85. The molecular weight excluding hydrogens is 401 g/mol. The number of carboxylic acids is 1. The zero-order valence-electron chi connectivity index (χ0n) is 16.7. The molecule has 0 radical (unpaired) electrons. The summed E-state index contributed by atoms with van der Waals surface area (Å²) in [6.07, 6.45) is -1.14. The Morgan fingerprint density at radius 2 is 1.73 bits per heavy atom. The van der Waals surface area contributed by atoms with E-state index in [1.165, 1.54) is 12.1 Å². The Morgan fingerprint density at radius 3 is 2.33 bits per heavy atom. The summed E-state index contributed by atoms with van der Waals surface area (Å²) >= 11 is 0. The van der Waals surface area contributed by atoms with Crippen LogP contribution in [0.1, 0.15) is 68.6 Å². The van der Waals surface area contributed by atoms with Crippen molar-refractivity contribution < 1.29 is 38.4 Å². The van der Waals surface area contributed by atoms with Gasteiger partial charge < -0.3 is 20.4 Å². The van der Waals surface area contributed by atoms with Crippen LogP contribution in [0, 0.1) is 5.92 Å². The van der Waals surface area contributed by atoms with Gasteiger partial charge in [-0.15, -0.1) is 0 Å². The molecule has 30 heavy (non-hydrogen) atoms. The minimum Gasteiger partial charge on any atom is -0.481 e. The maximum absolute atomic E-state index is 12.7. The molecule has 0 saturated heterocycles. The van der Waals surface area contributed by atoms with Gasteiger partial charge in [-0.3, -0.25) is 4.79 Å². The van der Waals surface area contributed by atoms with Crippen molar-refractivity contribution in [3.05, 3.63) is 47.0 Å². The van der Waals surface area contributed by atoms with Gasteiger partial charge in [0.05, 0.1) is 23.9 Å². The Kier molecular flexibility index (Phi) is 8.88. The lowest BCUT2D eigenvalue weighted by Gasteiger charge is -2.18. The fourth-order valence-corrected chi connectivity index (χ4v) is 3.92. The molecule has 5 nitrogen and oxygen atoms in total. The van der Waals surface area contributed by atoms with E-state index in [4.69, 9.17) is 5.11 Å². The molecule has 0 aliphatic heterocycles. The zero-order valence-corrected chi connectivity index (χ0v) is 16.7. The first kappa shape index (κ1) is 24.4. The highest BCUT2D eigenvalue weighted by Gasteiger charge is 2.36. The number of aliphatic hydroxyl groups excluding tert-OH is 3. The van der Waals surface area contributed by atoms with Crippen LogP contribution in [0.15, 0.2) is 35.9 Å². The van der Waals surface area contributed by atoms with Gasteiger partial charge in [-0.05, 0) is 42.5 Å². The van der Waals surface area contributed by atoms with Gasteiger partial charge in [0.2, 0.25) is 0 Å². The van der Waals surface area contributed by atoms with Crippen LogP contribution in [0.3, 0.4) is 0 Å². The van der Waals surface area contributed by atoms with E-state index in [1.54, 1.807) is 6.08 Å². The van der Waals surface area contributed by atoms with Crippen molar-refractivity contribution in [2.24, 2.45) is 5.92 Å². The van der Waals surface area contributed by atoms with Gasteiger partial charge in [0.15, 0.2) is 0 Å². The van der Waals surface area contributed by atoms with Gasteiger partial charge in [-0.25, -0.2) is 0 Å². The topological polar surface area (TPSA) is 98.0 Å². The molecule has 1 aromatic rings. The highest BCUT2D eigenvalue weighted by atomic mass is 19.4. The Morgan fingerprint density at radius 1 is 1.10 bits per heavy atom. The van der Waals surface area contributed by atoms with Crippen molar-refractivity contribution in [3.63, 3.8) is 0 Å². The SMILES string of the molecule is O=C(O)CCCCCCC1/C(=C\CC(O)c2ccc(C(F)(F)F)cc2)[C@H](O)C[C@@H]1O. The zero-order chi connectivity index (χ0) is 22.3. The molecule has 4 N–H and O–H groups in total. The third-order valence-corrected chi connectivity index (χ3v) is 5.60. The predicted octanol–water partition coefficient (Wildman–Crippen LogP) is 4.22. The van der Waals surface area contributed by atoms with Crippen LogP contribution < -0.4 is 0 Å². The van der Waals surface area contributed by atoms with Gasteiger partial charge in [-0.1, -0.05) is 37.5 Å². The third-order valence-electron chi connectivity index (χ3n) is 5.60. The Bertz CT molecular complexity index is 714. The van der Waals surface area contributed by atoms with E-state index < -0.39 is 36.0 Å². The maximum atomic E-state index is 12.7. The Balaban J connectivity index is 1.91. The fraction of sp³-hybridized carbons (Fsp3) is 0.591. The smallest absolute Gasteiger partial charge is 0.416 e. The van der Waals surface area contributed by atoms with Crippen LogP contribution in [0.25, 0.3) is 0 Å². The van der Waals surface area contributed by atoms with Crippen LogP contribution >= 0.6 is 0 Å². The minimum absolute atomic E-state index is 0.125. The van der Waals surface area contributed by atoms with E-state index in [0.29, 0.717) is 24.0 Å². The Labute approximate surface area is 173 Å². The van der Waals surface area contributed by atoms with Crippen molar-refractivity contribution in [1.29, 1.82) is 0 Å². The van der Waals surface area contributed by atoms with E-state index >= 15 is 0 Å². The molecule has 1 fully saturated rings. The Hall–Kier alpha value is -1.90. The number of carbonyl (C=O) groups is 1. The first-order valence-electron chi connectivity index (χ1n) is 10.2. The summed E-state index contributed by atoms with van der Waals surface area (Å²) in [5.74, 6) is -1.06. The number of unbranched alkanes of at least 4 members (excludes halogenated alkanes) is 3. The van der Waals surface area contributed by atoms with Crippen LogP contribution in [0.4, 0.5) is 13.2 Å². The molecule has 0 heterocycles. The summed E-state index contributed by atoms with van der Waals surface area (Å²) in [6.45, 7) is 0. The second-order valence-electron chi connectivity index (χ2n) is 7.85. The third kappa shape index (κ3) is 7.11. The van der Waals surface area contributed by atoms with Crippen molar-refractivity contribution >= 4 is 5.97 Å². The van der Waals surface area contributed by atoms with Crippen molar-refractivity contribution in [2.45, 2.75) is 75.9 Å². The fourth-order valence-electron chi connectivity index (χ4n) is 3.92. The van der Waals surface area contributed by atoms with E-state index in [9.17, 15) is 33.3 Å². The molecule has 0 aromatic heterocycles. The van der Waals surface area contributed by atoms with E-state index in [2.05, 4.69) is 0 Å². The van der Waals surface area contributed by atoms with Gasteiger partial charge >= 0.3 is 12.1 Å². The second kappa shape index (κ2) is 10.9. The van der Waals surface area contributed by atoms with Gasteiger partial charge in [0, 0.05) is 18.8 Å². The minimum atomic E-state index is -4.43. The average Bonchev–Trinajstić information content (AvgIpc) is 2.94. The average molecular weight is 430 g/mol. The molecule has 2 unspecified atom stereocenters. The largest absolute Gasteiger partial charge is 0.481 e. The molecule has 8 heteroatoms. The maximum Gasteiger partial charge on any atom is 0.416 e. The molecule has 0 amide bonds. The highest BCUT2D eigenvalue weighted by Crippen LogP contribution is 2.37. The number of hydrogen-bond donors (Lipinski definition) is 4. The number of halogens is 3. The molecule has 0 bridgehead atoms. The van der Waals surface area contributed by atoms with Crippen molar-refractivity contribution in [2.75, 3.05) is 0 Å². The molecule has 0 spiro atoms. The summed E-state index contributed by atoms with van der Waals surface area (Å²) in [7, 11) is 0. The van der Waals surface area contributed by atoms with Gasteiger partial charge in [0.1, 0.15) is 0 Å². The predicted molar refractivity (Wildman–Crippen MR) is 105 cm³/mol. The summed E-state index contributed by atoms with van der Waals surface area (Å²) < 4.78 is 38.0. The number of hydrogen-bond acceptors (Lipinski definition) is 4. The lowest BCUT2D eigenvalue weighted by molar-refractivity contribution is -0.138. The van der Waals surface area contributed by atoms with Crippen molar-refractivity contribution in [1.82, 2.24) is 0 Å². The molecule has 168 valence electrons. The quantitative estimate of drug-likeness (QED) is 0.329. The molecule has 1 aromatic carbocycles. The summed E-state index contributed by atoms with van der Waals surface area (Å²) in [6, 6.07) is 4.32. The van der Waals surface area contributed by atoms with Gasteiger partial charge in [0.25, 0.3) is 0 Å². The molecule has 2 rings (SSSR count). The molecule has 1 aliphatic rings. The number of carboxylic acid groups (broad SMARTS) is 1. The molecule has 1 aliphatic carbocycles. The van der Waals surface area contributed by atoms with Gasteiger partial charge in [-0.2, -0.15) is 13.2 Å². The highest BCUT2D eigenvalue weighted by molar-refractivity contribution is 5.66. The monoisotopic (exact) mass is 430 g/mol. The number of rotatable bonds is 10. The number of alkyl halides is 3. The lowest BCUT2D eigenvalue weighted by atomic mass is 9.91. The normalized spacial score (nSPS) is 24.3. The molecular formula is C22H29F3O5. The summed E-state index contributed by atoms with van der Waals surface area (Å²) in [5.41, 5.74) is 0.219. The summed E-state index contributed by atoms with van der Waals surface area (Å²) in [5, 5.41) is 39.4. The van der Waals surface area contributed by atoms with Crippen LogP contribution in [0.2, 0.25) is 0 Å². The van der Waals surface area contributed by atoms with Crippen LogP contribution in [-0.2, 0) is 11.0 Å². The first-order valence-corrected chi connectivity index (χ1v) is 10.2. The first-order chi connectivity index (χ1) is 14.1. The standard InChI is InChI=1S/C22H29F3O5/c23-22(24,25)15-9-7-14(8-10-15)18(26)12-11-17-16(19(27)13-20(17)28)5-3-1-2-4-6-21(29)30/h7-11,16,18-20,26-28H,1-6,12-13H2,(H,29,30)/b17-11+/t16?,18?,19-,20+/m0/s1. The van der Waals surface area contributed by atoms with E-state index in [-0.39, 0.29) is 25.2 Å². The molecule has 1 saturated carbocycles. The number of benzene rings is 1. The van der Waals surface area contributed by atoms with E-state index in [0.717, 1.165) is 31.4 Å². The van der Waals surface area contributed by atoms with Crippen LogP contribution in [-0.4, -0.2) is 38.6 Å². The number of aliphatic hydroxyl groups is 3. The number of aliphatic carboxylic acids is 1. The van der Waals surface area contributed by atoms with E-state index in [1.807, 2.05) is 0 Å². The lowest BCUT2D eigenvalue weighted by Crippen LogP contribution is -2.14. The summed E-state index contributed by atoms with van der Waals surface area (Å²) in [4.78, 5) is 10.5.